The molecule has 0 amide bonds. The Kier molecular flexibility index (Phi) is 6.87. The first-order valence-corrected chi connectivity index (χ1v) is 6.73. The molecular weight excluding hydrogens is 345 g/mol. The number of guanidine groups is 1. The Labute approximate surface area is 124 Å². The van der Waals surface area contributed by atoms with Crippen molar-refractivity contribution in [3.63, 3.8) is 0 Å². The van der Waals surface area contributed by atoms with Crippen LogP contribution in [0.5, 0.6) is 0 Å². The van der Waals surface area contributed by atoms with E-state index in [2.05, 4.69) is 33.1 Å². The zero-order valence-corrected chi connectivity index (χ0v) is 13.3. The standard InChI is InChI=1S/C12H19N3S.HI/c1-13-12(14-7-6-10-4-5-10)15-9-11-3-2-8-16-11;/h2-3,8,10H,4-7,9H2,1H3,(H2,13,14,15);1H. The van der Waals surface area contributed by atoms with Crippen molar-refractivity contribution in [2.75, 3.05) is 13.6 Å². The fraction of sp³-hybridized carbons (Fsp3) is 0.583. The van der Waals surface area contributed by atoms with Crippen LogP contribution in [0.3, 0.4) is 0 Å². The smallest absolute Gasteiger partial charge is 0.191 e. The fourth-order valence-corrected chi connectivity index (χ4v) is 2.25. The van der Waals surface area contributed by atoms with Crippen molar-refractivity contribution >= 4 is 41.3 Å². The first kappa shape index (κ1) is 14.8. The Morgan fingerprint density at radius 1 is 1.47 bits per heavy atom. The summed E-state index contributed by atoms with van der Waals surface area (Å²) in [6, 6.07) is 4.21. The maximum Gasteiger partial charge on any atom is 0.191 e. The number of rotatable bonds is 5. The Morgan fingerprint density at radius 2 is 2.29 bits per heavy atom. The summed E-state index contributed by atoms with van der Waals surface area (Å²) in [6.45, 7) is 1.90. The Hall–Kier alpha value is -0.300. The zero-order chi connectivity index (χ0) is 11.2. The number of nitrogens with zero attached hydrogens (tertiary/aromatic N) is 1. The van der Waals surface area contributed by atoms with Crippen LogP contribution >= 0.6 is 35.3 Å². The van der Waals surface area contributed by atoms with Crippen LogP contribution in [0.25, 0.3) is 0 Å². The van der Waals surface area contributed by atoms with Gasteiger partial charge in [0.1, 0.15) is 0 Å². The van der Waals surface area contributed by atoms with Crippen LogP contribution in [0.1, 0.15) is 24.1 Å². The molecule has 1 fully saturated rings. The first-order valence-electron chi connectivity index (χ1n) is 5.85. The minimum Gasteiger partial charge on any atom is -0.356 e. The summed E-state index contributed by atoms with van der Waals surface area (Å²) < 4.78 is 0. The Bertz CT molecular complexity index is 334. The molecule has 1 heterocycles. The highest BCUT2D eigenvalue weighted by Crippen LogP contribution is 2.31. The number of hydrogen-bond acceptors (Lipinski definition) is 2. The highest BCUT2D eigenvalue weighted by atomic mass is 127. The van der Waals surface area contributed by atoms with E-state index >= 15 is 0 Å². The van der Waals surface area contributed by atoms with Crippen LogP contribution in [0.4, 0.5) is 0 Å². The van der Waals surface area contributed by atoms with Crippen LogP contribution in [0.2, 0.25) is 0 Å². The van der Waals surface area contributed by atoms with Gasteiger partial charge in [-0.25, -0.2) is 0 Å². The Balaban J connectivity index is 0.00000144. The first-order chi connectivity index (χ1) is 7.88. The summed E-state index contributed by atoms with van der Waals surface area (Å²) in [5, 5.41) is 8.76. The second kappa shape index (κ2) is 7.92. The molecular formula is C12H20IN3S. The van der Waals surface area contributed by atoms with E-state index in [1.165, 1.54) is 24.1 Å². The van der Waals surface area contributed by atoms with Crippen molar-refractivity contribution in [2.24, 2.45) is 10.9 Å². The topological polar surface area (TPSA) is 36.4 Å². The fourth-order valence-electron chi connectivity index (χ4n) is 1.61. The van der Waals surface area contributed by atoms with Crippen molar-refractivity contribution in [3.8, 4) is 0 Å². The largest absolute Gasteiger partial charge is 0.356 e. The van der Waals surface area contributed by atoms with Crippen LogP contribution in [0, 0.1) is 5.92 Å². The molecule has 1 aliphatic rings. The summed E-state index contributed by atoms with van der Waals surface area (Å²) in [5.74, 6) is 1.89. The molecule has 0 aromatic carbocycles. The SMILES string of the molecule is CN=C(NCCC1CC1)NCc1cccs1.I. The third kappa shape index (κ3) is 5.72. The molecule has 2 rings (SSSR count). The lowest BCUT2D eigenvalue weighted by Gasteiger charge is -2.10. The van der Waals surface area contributed by atoms with Gasteiger partial charge in [-0.1, -0.05) is 18.9 Å². The lowest BCUT2D eigenvalue weighted by atomic mass is 10.3. The lowest BCUT2D eigenvalue weighted by Crippen LogP contribution is -2.37. The van der Waals surface area contributed by atoms with E-state index in [1.54, 1.807) is 11.3 Å². The van der Waals surface area contributed by atoms with Gasteiger partial charge < -0.3 is 10.6 Å². The third-order valence-electron chi connectivity index (χ3n) is 2.78. The molecule has 0 radical (unpaired) electrons. The van der Waals surface area contributed by atoms with Gasteiger partial charge in [-0.15, -0.1) is 35.3 Å². The van der Waals surface area contributed by atoms with Gasteiger partial charge in [0.15, 0.2) is 5.96 Å². The molecule has 96 valence electrons. The van der Waals surface area contributed by atoms with E-state index in [0.717, 1.165) is 25.0 Å². The normalized spacial score (nSPS) is 15.2. The van der Waals surface area contributed by atoms with Crippen LogP contribution in [-0.4, -0.2) is 19.6 Å². The second-order valence-corrected chi connectivity index (χ2v) is 5.20. The number of hydrogen-bond donors (Lipinski definition) is 2. The number of thiophene rings is 1. The average molecular weight is 365 g/mol. The highest BCUT2D eigenvalue weighted by Gasteiger charge is 2.20. The summed E-state index contributed by atoms with van der Waals surface area (Å²) in [7, 11) is 1.82. The van der Waals surface area contributed by atoms with Gasteiger partial charge in [0, 0.05) is 18.5 Å². The third-order valence-corrected chi connectivity index (χ3v) is 3.65. The van der Waals surface area contributed by atoms with Gasteiger partial charge in [-0.05, 0) is 23.8 Å². The zero-order valence-electron chi connectivity index (χ0n) is 10.1. The van der Waals surface area contributed by atoms with Crippen molar-refractivity contribution < 1.29 is 0 Å². The van der Waals surface area contributed by atoms with E-state index in [9.17, 15) is 0 Å². The molecule has 3 nitrogen and oxygen atoms in total. The molecule has 1 saturated carbocycles. The predicted octanol–water partition coefficient (Wildman–Crippen LogP) is 2.83. The molecule has 5 heteroatoms. The van der Waals surface area contributed by atoms with Gasteiger partial charge in [-0.2, -0.15) is 0 Å². The molecule has 0 bridgehead atoms. The minimum absolute atomic E-state index is 0. The van der Waals surface area contributed by atoms with E-state index < -0.39 is 0 Å². The monoisotopic (exact) mass is 365 g/mol. The summed E-state index contributed by atoms with van der Waals surface area (Å²) in [4.78, 5) is 5.54. The van der Waals surface area contributed by atoms with Gasteiger partial charge in [0.25, 0.3) is 0 Å². The van der Waals surface area contributed by atoms with Crippen LogP contribution in [0.15, 0.2) is 22.5 Å². The van der Waals surface area contributed by atoms with E-state index in [1.807, 2.05) is 7.05 Å². The molecule has 0 atom stereocenters. The molecule has 0 unspecified atom stereocenters. The van der Waals surface area contributed by atoms with Gasteiger partial charge in [0.2, 0.25) is 0 Å². The van der Waals surface area contributed by atoms with E-state index in [4.69, 9.17) is 0 Å². The molecule has 0 aliphatic heterocycles. The van der Waals surface area contributed by atoms with E-state index in [-0.39, 0.29) is 24.0 Å². The molecule has 0 saturated heterocycles. The number of aliphatic imine (C=N–C) groups is 1. The predicted molar refractivity (Wildman–Crippen MR) is 85.3 cm³/mol. The maximum absolute atomic E-state index is 4.20. The van der Waals surface area contributed by atoms with Crippen molar-refractivity contribution in [3.05, 3.63) is 22.4 Å². The summed E-state index contributed by atoms with van der Waals surface area (Å²) >= 11 is 1.77. The molecule has 2 N–H and O–H groups in total. The van der Waals surface area contributed by atoms with Gasteiger partial charge in [0.05, 0.1) is 6.54 Å². The van der Waals surface area contributed by atoms with Crippen LogP contribution in [-0.2, 0) is 6.54 Å². The number of nitrogens with one attached hydrogen (secondary N) is 2. The average Bonchev–Trinajstić information content (AvgIpc) is 2.97. The van der Waals surface area contributed by atoms with Crippen LogP contribution < -0.4 is 10.6 Å². The maximum atomic E-state index is 4.20. The molecule has 1 aromatic rings. The van der Waals surface area contributed by atoms with Crippen molar-refractivity contribution in [1.29, 1.82) is 0 Å². The molecule has 17 heavy (non-hydrogen) atoms. The van der Waals surface area contributed by atoms with Gasteiger partial charge in [-0.3, -0.25) is 4.99 Å². The van der Waals surface area contributed by atoms with E-state index in [0.29, 0.717) is 0 Å². The Morgan fingerprint density at radius 3 is 2.88 bits per heavy atom. The molecule has 0 spiro atoms. The lowest BCUT2D eigenvalue weighted by molar-refractivity contribution is 0.685. The van der Waals surface area contributed by atoms with Crippen molar-refractivity contribution in [1.82, 2.24) is 10.6 Å². The van der Waals surface area contributed by atoms with Gasteiger partial charge >= 0.3 is 0 Å². The molecule has 1 aliphatic carbocycles. The molecule has 1 aromatic heterocycles. The second-order valence-electron chi connectivity index (χ2n) is 4.16. The number of halogens is 1. The highest BCUT2D eigenvalue weighted by molar-refractivity contribution is 14.0. The summed E-state index contributed by atoms with van der Waals surface area (Å²) in [6.07, 6.45) is 4.12. The summed E-state index contributed by atoms with van der Waals surface area (Å²) in [5.41, 5.74) is 0. The minimum atomic E-state index is 0. The van der Waals surface area contributed by atoms with Crippen molar-refractivity contribution in [2.45, 2.75) is 25.8 Å². The quantitative estimate of drug-likeness (QED) is 0.478.